The maximum atomic E-state index is 13.7. The number of halogens is 3. The molecule has 0 fully saturated rings. The molecule has 0 atom stereocenters. The molecule has 0 saturated carbocycles. The Kier molecular flexibility index (Phi) is 6.28. The van der Waals surface area contributed by atoms with Crippen molar-refractivity contribution in [3.63, 3.8) is 0 Å². The van der Waals surface area contributed by atoms with Crippen LogP contribution in [0.15, 0.2) is 65.5 Å². The minimum atomic E-state index is -4.81. The first-order valence-corrected chi connectivity index (χ1v) is 10.1. The lowest BCUT2D eigenvalue weighted by atomic mass is 10.1. The summed E-state index contributed by atoms with van der Waals surface area (Å²) in [5, 5.41) is 12.4. The second-order valence-corrected chi connectivity index (χ2v) is 7.31. The van der Waals surface area contributed by atoms with E-state index in [2.05, 4.69) is 20.9 Å². The number of furan rings is 1. The summed E-state index contributed by atoms with van der Waals surface area (Å²) in [6.45, 7) is 1.57. The summed E-state index contributed by atoms with van der Waals surface area (Å²) in [6.07, 6.45) is -2.38. The van der Waals surface area contributed by atoms with E-state index in [0.717, 1.165) is 18.4 Å². The molecular weight excluding hydrogens is 467 g/mol. The van der Waals surface area contributed by atoms with Crippen molar-refractivity contribution < 1.29 is 31.9 Å². The van der Waals surface area contributed by atoms with Crippen LogP contribution in [0.3, 0.4) is 0 Å². The Hall–Kier alpha value is -4.61. The number of amides is 2. The third-order valence-corrected chi connectivity index (χ3v) is 5.04. The lowest BCUT2D eigenvalue weighted by Gasteiger charge is -2.15. The molecule has 0 unspecified atom stereocenters. The molecule has 0 radical (unpaired) electrons. The van der Waals surface area contributed by atoms with Crippen LogP contribution in [0.25, 0.3) is 5.69 Å². The Morgan fingerprint density at radius 3 is 2.40 bits per heavy atom. The van der Waals surface area contributed by atoms with Crippen molar-refractivity contribution in [1.29, 1.82) is 0 Å². The van der Waals surface area contributed by atoms with E-state index in [1.165, 1.54) is 30.2 Å². The maximum absolute atomic E-state index is 13.7. The highest BCUT2D eigenvalue weighted by Crippen LogP contribution is 2.37. The van der Waals surface area contributed by atoms with E-state index in [1.54, 1.807) is 31.2 Å². The fourth-order valence-corrected chi connectivity index (χ4v) is 3.25. The molecule has 180 valence electrons. The molecule has 0 saturated heterocycles. The summed E-state index contributed by atoms with van der Waals surface area (Å²) in [4.78, 5) is 24.9. The van der Waals surface area contributed by atoms with Crippen LogP contribution in [0.5, 0.6) is 5.75 Å². The second-order valence-electron chi connectivity index (χ2n) is 7.31. The van der Waals surface area contributed by atoms with Crippen LogP contribution >= 0.6 is 0 Å². The summed E-state index contributed by atoms with van der Waals surface area (Å²) in [5.41, 5.74) is -0.840. The Morgan fingerprint density at radius 2 is 1.77 bits per heavy atom. The van der Waals surface area contributed by atoms with Crippen LogP contribution in [0.2, 0.25) is 0 Å². The zero-order chi connectivity index (χ0) is 25.2. The van der Waals surface area contributed by atoms with Crippen LogP contribution in [0, 0.1) is 6.92 Å². The first kappa shape index (κ1) is 23.5. The van der Waals surface area contributed by atoms with Crippen molar-refractivity contribution in [3.8, 4) is 11.4 Å². The number of anilines is 2. The molecule has 0 spiro atoms. The summed E-state index contributed by atoms with van der Waals surface area (Å²) >= 11 is 0. The maximum Gasteiger partial charge on any atom is 0.418 e. The van der Waals surface area contributed by atoms with E-state index in [-0.39, 0.29) is 16.9 Å². The van der Waals surface area contributed by atoms with Gasteiger partial charge < -0.3 is 19.8 Å². The lowest BCUT2D eigenvalue weighted by molar-refractivity contribution is -0.136. The number of carbonyl (C=O) groups is 2. The van der Waals surface area contributed by atoms with Gasteiger partial charge >= 0.3 is 6.18 Å². The largest absolute Gasteiger partial charge is 0.497 e. The van der Waals surface area contributed by atoms with E-state index < -0.39 is 29.2 Å². The van der Waals surface area contributed by atoms with Gasteiger partial charge in [-0.25, -0.2) is 4.68 Å². The standard InChI is InChI=1S/C23H18F3N5O4/c1-13-20(29-30-31(13)16-4-6-17(34-2)7-5-16)22(33)28-19-8-3-15(11-18(19)23(24,25)26)27-21(32)14-9-10-35-12-14/h3-12H,1-2H3,(H,27,32)(H,28,33). The molecule has 0 aliphatic rings. The summed E-state index contributed by atoms with van der Waals surface area (Å²) < 4.78 is 52.5. The van der Waals surface area contributed by atoms with Gasteiger partial charge in [-0.3, -0.25) is 9.59 Å². The third kappa shape index (κ3) is 5.00. The number of benzene rings is 2. The third-order valence-electron chi connectivity index (χ3n) is 5.04. The average molecular weight is 485 g/mol. The predicted molar refractivity (Wildman–Crippen MR) is 119 cm³/mol. The highest BCUT2D eigenvalue weighted by molar-refractivity contribution is 6.05. The van der Waals surface area contributed by atoms with Gasteiger partial charge in [-0.15, -0.1) is 5.10 Å². The summed E-state index contributed by atoms with van der Waals surface area (Å²) in [5.74, 6) is -0.897. The molecule has 4 rings (SSSR count). The average Bonchev–Trinajstić information content (AvgIpc) is 3.50. The van der Waals surface area contributed by atoms with Gasteiger partial charge in [-0.2, -0.15) is 13.2 Å². The smallest absolute Gasteiger partial charge is 0.418 e. The van der Waals surface area contributed by atoms with Crippen LogP contribution in [0.4, 0.5) is 24.5 Å². The summed E-state index contributed by atoms with van der Waals surface area (Å²) in [6, 6.07) is 11.2. The van der Waals surface area contributed by atoms with Gasteiger partial charge in [0, 0.05) is 5.69 Å². The van der Waals surface area contributed by atoms with E-state index in [1.807, 2.05) is 0 Å². The fraction of sp³-hybridized carbons (Fsp3) is 0.130. The topological polar surface area (TPSA) is 111 Å². The van der Waals surface area contributed by atoms with Crippen molar-refractivity contribution in [2.75, 3.05) is 17.7 Å². The molecule has 0 bridgehead atoms. The Bertz CT molecular complexity index is 1360. The van der Waals surface area contributed by atoms with Gasteiger partial charge in [0.2, 0.25) is 0 Å². The molecule has 2 aromatic heterocycles. The van der Waals surface area contributed by atoms with E-state index >= 15 is 0 Å². The number of rotatable bonds is 6. The Labute approximate surface area is 196 Å². The number of carbonyl (C=O) groups excluding carboxylic acids is 2. The highest BCUT2D eigenvalue weighted by atomic mass is 19.4. The van der Waals surface area contributed by atoms with Gasteiger partial charge in [0.1, 0.15) is 12.0 Å². The number of ether oxygens (including phenoxy) is 1. The van der Waals surface area contributed by atoms with Gasteiger partial charge in [-0.1, -0.05) is 5.21 Å². The first-order chi connectivity index (χ1) is 16.7. The van der Waals surface area contributed by atoms with Gasteiger partial charge in [0.05, 0.1) is 41.6 Å². The lowest BCUT2D eigenvalue weighted by Crippen LogP contribution is -2.19. The van der Waals surface area contributed by atoms with Crippen molar-refractivity contribution in [1.82, 2.24) is 15.0 Å². The SMILES string of the molecule is COc1ccc(-n2nnc(C(=O)Nc3ccc(NC(=O)c4ccoc4)cc3C(F)(F)F)c2C)cc1. The van der Waals surface area contributed by atoms with Crippen molar-refractivity contribution in [2.45, 2.75) is 13.1 Å². The number of hydrogen-bond acceptors (Lipinski definition) is 6. The zero-order valence-electron chi connectivity index (χ0n) is 18.4. The number of aromatic nitrogens is 3. The number of alkyl halides is 3. The molecule has 2 amide bonds. The molecule has 9 nitrogen and oxygen atoms in total. The van der Waals surface area contributed by atoms with Gasteiger partial charge in [0.15, 0.2) is 5.69 Å². The highest BCUT2D eigenvalue weighted by Gasteiger charge is 2.35. The van der Waals surface area contributed by atoms with Crippen molar-refractivity contribution in [2.24, 2.45) is 0 Å². The van der Waals surface area contributed by atoms with E-state index in [0.29, 0.717) is 17.1 Å². The predicted octanol–water partition coefficient (Wildman–Crippen LogP) is 4.70. The van der Waals surface area contributed by atoms with Crippen LogP contribution in [0.1, 0.15) is 32.1 Å². The molecule has 4 aromatic rings. The first-order valence-electron chi connectivity index (χ1n) is 10.1. The fourth-order valence-electron chi connectivity index (χ4n) is 3.25. The molecule has 0 aliphatic heterocycles. The monoisotopic (exact) mass is 485 g/mol. The molecule has 35 heavy (non-hydrogen) atoms. The summed E-state index contributed by atoms with van der Waals surface area (Å²) in [7, 11) is 1.52. The molecular formula is C23H18F3N5O4. The van der Waals surface area contributed by atoms with Gasteiger partial charge in [0.25, 0.3) is 11.8 Å². The minimum absolute atomic E-state index is 0.108. The molecule has 12 heteroatoms. The quantitative estimate of drug-likeness (QED) is 0.410. The molecule has 2 heterocycles. The Balaban J connectivity index is 1.58. The number of nitrogens with one attached hydrogen (secondary N) is 2. The number of hydrogen-bond donors (Lipinski definition) is 2. The second kappa shape index (κ2) is 9.33. The van der Waals surface area contributed by atoms with Crippen LogP contribution in [-0.4, -0.2) is 33.9 Å². The van der Waals surface area contributed by atoms with E-state index in [4.69, 9.17) is 9.15 Å². The number of nitrogens with zero attached hydrogens (tertiary/aromatic N) is 3. The normalized spacial score (nSPS) is 11.2. The molecule has 2 N–H and O–H groups in total. The Morgan fingerprint density at radius 1 is 1.03 bits per heavy atom. The van der Waals surface area contributed by atoms with Crippen molar-refractivity contribution >= 4 is 23.2 Å². The van der Waals surface area contributed by atoms with Crippen molar-refractivity contribution in [3.05, 3.63) is 83.6 Å². The minimum Gasteiger partial charge on any atom is -0.497 e. The van der Waals surface area contributed by atoms with E-state index in [9.17, 15) is 22.8 Å². The van der Waals surface area contributed by atoms with Crippen LogP contribution < -0.4 is 15.4 Å². The van der Waals surface area contributed by atoms with Crippen LogP contribution in [-0.2, 0) is 6.18 Å². The molecule has 0 aliphatic carbocycles. The van der Waals surface area contributed by atoms with Gasteiger partial charge in [-0.05, 0) is 55.5 Å². The zero-order valence-corrected chi connectivity index (χ0v) is 18.4. The molecule has 2 aromatic carbocycles. The number of methoxy groups -OCH3 is 1.